The van der Waals surface area contributed by atoms with Crippen LogP contribution in [-0.2, 0) is 17.6 Å². The van der Waals surface area contributed by atoms with Crippen molar-refractivity contribution < 1.29 is 9.90 Å². The first-order valence-electron chi connectivity index (χ1n) is 6.37. The first-order valence-corrected chi connectivity index (χ1v) is 7.35. The van der Waals surface area contributed by atoms with Crippen molar-refractivity contribution in [2.45, 2.75) is 44.1 Å². The molecule has 0 bridgehead atoms. The molecule has 0 saturated heterocycles. The fourth-order valence-electron chi connectivity index (χ4n) is 2.07. The van der Waals surface area contributed by atoms with E-state index in [2.05, 4.69) is 9.97 Å². The van der Waals surface area contributed by atoms with Crippen molar-refractivity contribution in [3.63, 3.8) is 0 Å². The average molecular weight is 266 g/mol. The SMILES string of the molecule is CC(CSc1ncnc2c1CCCCC2)C(=O)O. The fraction of sp³-hybridized carbons (Fsp3) is 0.615. The number of thioether (sulfide) groups is 1. The average Bonchev–Trinajstić information content (AvgIpc) is 2.61. The normalized spacial score (nSPS) is 16.7. The second kappa shape index (κ2) is 6.18. The number of hydrogen-bond donors (Lipinski definition) is 1. The second-order valence-electron chi connectivity index (χ2n) is 4.72. The molecule has 4 nitrogen and oxygen atoms in total. The molecule has 1 atom stereocenters. The number of fused-ring (bicyclic) bond motifs is 1. The van der Waals surface area contributed by atoms with Gasteiger partial charge in [-0.3, -0.25) is 4.79 Å². The number of aliphatic carboxylic acids is 1. The Morgan fingerprint density at radius 2 is 2.17 bits per heavy atom. The fourth-order valence-corrected chi connectivity index (χ4v) is 3.13. The Balaban J connectivity index is 2.11. The highest BCUT2D eigenvalue weighted by Crippen LogP contribution is 2.28. The van der Waals surface area contributed by atoms with E-state index >= 15 is 0 Å². The number of aromatic nitrogens is 2. The summed E-state index contributed by atoms with van der Waals surface area (Å²) < 4.78 is 0. The lowest BCUT2D eigenvalue weighted by Gasteiger charge is -2.11. The van der Waals surface area contributed by atoms with Crippen molar-refractivity contribution in [3.8, 4) is 0 Å². The van der Waals surface area contributed by atoms with E-state index in [1.165, 1.54) is 24.8 Å². The standard InChI is InChI=1S/C13H18N2O2S/c1-9(13(16)17)7-18-12-10-5-3-2-4-6-11(10)14-8-15-12/h8-9H,2-7H2,1H3,(H,16,17). The molecule has 1 N–H and O–H groups in total. The predicted molar refractivity (Wildman–Crippen MR) is 70.8 cm³/mol. The minimum absolute atomic E-state index is 0.341. The second-order valence-corrected chi connectivity index (χ2v) is 5.72. The Hall–Kier alpha value is -1.10. The van der Waals surface area contributed by atoms with Gasteiger partial charge in [0.1, 0.15) is 11.4 Å². The van der Waals surface area contributed by atoms with Crippen LogP contribution in [0, 0.1) is 5.92 Å². The van der Waals surface area contributed by atoms with Crippen LogP contribution in [-0.4, -0.2) is 26.8 Å². The van der Waals surface area contributed by atoms with Crippen LogP contribution < -0.4 is 0 Å². The minimum atomic E-state index is -0.748. The maximum Gasteiger partial charge on any atom is 0.307 e. The lowest BCUT2D eigenvalue weighted by atomic mass is 10.1. The number of rotatable bonds is 4. The summed E-state index contributed by atoms with van der Waals surface area (Å²) in [5, 5.41) is 9.88. The Morgan fingerprint density at radius 1 is 1.39 bits per heavy atom. The van der Waals surface area contributed by atoms with Gasteiger partial charge in [-0.2, -0.15) is 0 Å². The summed E-state index contributed by atoms with van der Waals surface area (Å²) in [7, 11) is 0. The van der Waals surface area contributed by atoms with Gasteiger partial charge in [-0.1, -0.05) is 13.3 Å². The van der Waals surface area contributed by atoms with Crippen LogP contribution >= 0.6 is 11.8 Å². The Labute approximate surface area is 111 Å². The van der Waals surface area contributed by atoms with Gasteiger partial charge in [0.2, 0.25) is 0 Å². The van der Waals surface area contributed by atoms with E-state index in [1.807, 2.05) is 0 Å². The molecule has 1 aliphatic rings. The highest BCUT2D eigenvalue weighted by atomic mass is 32.2. The van der Waals surface area contributed by atoms with E-state index in [-0.39, 0.29) is 5.92 Å². The summed E-state index contributed by atoms with van der Waals surface area (Å²) in [4.78, 5) is 19.5. The van der Waals surface area contributed by atoms with E-state index in [9.17, 15) is 4.79 Å². The van der Waals surface area contributed by atoms with Gasteiger partial charge in [-0.05, 0) is 25.7 Å². The number of carboxylic acid groups (broad SMARTS) is 1. The van der Waals surface area contributed by atoms with Crippen molar-refractivity contribution in [2.24, 2.45) is 5.92 Å². The number of carbonyl (C=O) groups is 1. The quantitative estimate of drug-likeness (QED) is 0.515. The van der Waals surface area contributed by atoms with Crippen molar-refractivity contribution >= 4 is 17.7 Å². The van der Waals surface area contributed by atoms with Gasteiger partial charge in [0, 0.05) is 17.0 Å². The molecule has 1 aromatic rings. The highest BCUT2D eigenvalue weighted by Gasteiger charge is 2.17. The number of nitrogens with zero attached hydrogens (tertiary/aromatic N) is 2. The van der Waals surface area contributed by atoms with Crippen LogP contribution in [0.1, 0.15) is 37.4 Å². The number of hydrogen-bond acceptors (Lipinski definition) is 4. The largest absolute Gasteiger partial charge is 0.481 e. The maximum absolute atomic E-state index is 10.8. The summed E-state index contributed by atoms with van der Waals surface area (Å²) in [6.07, 6.45) is 7.28. The maximum atomic E-state index is 10.8. The minimum Gasteiger partial charge on any atom is -0.481 e. The van der Waals surface area contributed by atoms with Crippen LogP contribution in [0.5, 0.6) is 0 Å². The molecule has 0 aromatic carbocycles. The molecule has 0 radical (unpaired) electrons. The van der Waals surface area contributed by atoms with E-state index < -0.39 is 5.97 Å². The third-order valence-electron chi connectivity index (χ3n) is 3.23. The molecule has 18 heavy (non-hydrogen) atoms. The molecule has 0 amide bonds. The lowest BCUT2D eigenvalue weighted by molar-refractivity contribution is -0.140. The van der Waals surface area contributed by atoms with Gasteiger partial charge in [-0.25, -0.2) is 9.97 Å². The topological polar surface area (TPSA) is 63.1 Å². The molecule has 5 heteroatoms. The zero-order valence-electron chi connectivity index (χ0n) is 10.6. The summed E-state index contributed by atoms with van der Waals surface area (Å²) in [6.45, 7) is 1.73. The Bertz CT molecular complexity index is 437. The third-order valence-corrected chi connectivity index (χ3v) is 4.52. The molecule has 1 unspecified atom stereocenters. The van der Waals surface area contributed by atoms with Crippen LogP contribution in [0.25, 0.3) is 0 Å². The molecular weight excluding hydrogens is 248 g/mol. The Kier molecular flexibility index (Phi) is 4.58. The van der Waals surface area contributed by atoms with Crippen molar-refractivity contribution in [3.05, 3.63) is 17.6 Å². The van der Waals surface area contributed by atoms with Gasteiger partial charge in [0.25, 0.3) is 0 Å². The van der Waals surface area contributed by atoms with E-state index in [0.717, 1.165) is 23.6 Å². The molecule has 0 aliphatic heterocycles. The van der Waals surface area contributed by atoms with Crippen LogP contribution in [0.3, 0.4) is 0 Å². The van der Waals surface area contributed by atoms with E-state index in [1.54, 1.807) is 25.0 Å². The summed E-state index contributed by atoms with van der Waals surface area (Å²) in [5.74, 6) is -0.521. The summed E-state index contributed by atoms with van der Waals surface area (Å²) in [6, 6.07) is 0. The monoisotopic (exact) mass is 266 g/mol. The molecule has 1 heterocycles. The van der Waals surface area contributed by atoms with E-state index in [4.69, 9.17) is 5.11 Å². The molecule has 0 saturated carbocycles. The van der Waals surface area contributed by atoms with Crippen molar-refractivity contribution in [1.29, 1.82) is 0 Å². The molecule has 0 fully saturated rings. The van der Waals surface area contributed by atoms with Gasteiger partial charge in [0.15, 0.2) is 0 Å². The number of aryl methyl sites for hydroxylation is 1. The molecule has 0 spiro atoms. The van der Waals surface area contributed by atoms with Gasteiger partial charge < -0.3 is 5.11 Å². The van der Waals surface area contributed by atoms with Gasteiger partial charge in [-0.15, -0.1) is 11.8 Å². The summed E-state index contributed by atoms with van der Waals surface area (Å²) >= 11 is 1.55. The zero-order chi connectivity index (χ0) is 13.0. The van der Waals surface area contributed by atoms with Crippen molar-refractivity contribution in [1.82, 2.24) is 9.97 Å². The molecule has 2 rings (SSSR count). The summed E-state index contributed by atoms with van der Waals surface area (Å²) in [5.41, 5.74) is 2.41. The third kappa shape index (κ3) is 3.22. The van der Waals surface area contributed by atoms with Crippen LogP contribution in [0.2, 0.25) is 0 Å². The predicted octanol–water partition coefficient (Wildman–Crippen LogP) is 2.56. The molecule has 1 aromatic heterocycles. The molecular formula is C13H18N2O2S. The van der Waals surface area contributed by atoms with Gasteiger partial charge >= 0.3 is 5.97 Å². The van der Waals surface area contributed by atoms with Gasteiger partial charge in [0.05, 0.1) is 5.92 Å². The lowest BCUT2D eigenvalue weighted by Crippen LogP contribution is -2.12. The van der Waals surface area contributed by atoms with Crippen molar-refractivity contribution in [2.75, 3.05) is 5.75 Å². The smallest absolute Gasteiger partial charge is 0.307 e. The first kappa shape index (κ1) is 13.3. The zero-order valence-corrected chi connectivity index (χ0v) is 11.4. The Morgan fingerprint density at radius 3 is 2.94 bits per heavy atom. The van der Waals surface area contributed by atoms with Crippen LogP contribution in [0.15, 0.2) is 11.4 Å². The highest BCUT2D eigenvalue weighted by molar-refractivity contribution is 7.99. The molecule has 1 aliphatic carbocycles. The number of carboxylic acids is 1. The van der Waals surface area contributed by atoms with Crippen LogP contribution in [0.4, 0.5) is 0 Å². The van der Waals surface area contributed by atoms with E-state index in [0.29, 0.717) is 5.75 Å². The first-order chi connectivity index (χ1) is 8.68. The molecule has 98 valence electrons.